The monoisotopic (exact) mass is 378 g/mol. The van der Waals surface area contributed by atoms with Crippen LogP contribution in [-0.4, -0.2) is 42.1 Å². The first-order chi connectivity index (χ1) is 13.6. The van der Waals surface area contributed by atoms with Gasteiger partial charge in [-0.15, -0.1) is 0 Å². The molecule has 1 fully saturated rings. The molecule has 0 aromatic heterocycles. The van der Waals surface area contributed by atoms with E-state index >= 15 is 0 Å². The van der Waals surface area contributed by atoms with Crippen molar-refractivity contribution in [2.45, 2.75) is 26.2 Å². The third-order valence-corrected chi connectivity index (χ3v) is 5.14. The highest BCUT2D eigenvalue weighted by molar-refractivity contribution is 6.15. The van der Waals surface area contributed by atoms with Gasteiger partial charge < -0.3 is 10.2 Å². The molecular formula is C23H26N2O3. The van der Waals surface area contributed by atoms with Crippen LogP contribution in [0, 0.1) is 5.92 Å². The van der Waals surface area contributed by atoms with Gasteiger partial charge in [-0.05, 0) is 25.3 Å². The summed E-state index contributed by atoms with van der Waals surface area (Å²) in [6.07, 6.45) is 2.21. The van der Waals surface area contributed by atoms with Crippen molar-refractivity contribution < 1.29 is 14.4 Å². The number of piperidine rings is 1. The van der Waals surface area contributed by atoms with Crippen molar-refractivity contribution in [1.82, 2.24) is 10.2 Å². The molecule has 28 heavy (non-hydrogen) atoms. The lowest BCUT2D eigenvalue weighted by molar-refractivity contribution is -0.126. The Kier molecular flexibility index (Phi) is 6.58. The van der Waals surface area contributed by atoms with E-state index in [1.807, 2.05) is 25.1 Å². The largest absolute Gasteiger partial charge is 0.356 e. The first-order valence-corrected chi connectivity index (χ1v) is 9.87. The summed E-state index contributed by atoms with van der Waals surface area (Å²) in [6, 6.07) is 15.9. The lowest BCUT2D eigenvalue weighted by Gasteiger charge is -2.31. The number of carbonyl (C=O) groups is 3. The molecule has 0 bridgehead atoms. The molecule has 0 radical (unpaired) electrons. The maximum absolute atomic E-state index is 13.1. The summed E-state index contributed by atoms with van der Waals surface area (Å²) in [6.45, 7) is 3.76. The van der Waals surface area contributed by atoms with E-state index in [1.165, 1.54) is 0 Å². The Bertz CT molecular complexity index is 840. The molecule has 2 amide bonds. The highest BCUT2D eigenvalue weighted by atomic mass is 16.2. The van der Waals surface area contributed by atoms with Crippen LogP contribution in [0.5, 0.6) is 0 Å². The normalized spacial score (nSPS) is 14.5. The van der Waals surface area contributed by atoms with Gasteiger partial charge in [-0.25, -0.2) is 0 Å². The van der Waals surface area contributed by atoms with E-state index in [0.717, 1.165) is 6.42 Å². The SMILES string of the molecule is CCCNC(=O)C1CCN(C(=O)c2ccccc2C(=O)c2ccccc2)CC1. The summed E-state index contributed by atoms with van der Waals surface area (Å²) < 4.78 is 0. The average molecular weight is 378 g/mol. The maximum atomic E-state index is 13.1. The standard InChI is InChI=1S/C23H26N2O3/c1-2-14-24-22(27)18-12-15-25(16-13-18)23(28)20-11-7-6-10-19(20)21(26)17-8-4-3-5-9-17/h3-11,18H,2,12-16H2,1H3,(H,24,27). The van der Waals surface area contributed by atoms with Crippen molar-refractivity contribution in [3.05, 3.63) is 71.3 Å². The van der Waals surface area contributed by atoms with Crippen molar-refractivity contribution >= 4 is 17.6 Å². The highest BCUT2D eigenvalue weighted by Gasteiger charge is 2.29. The Labute approximate surface area is 165 Å². The predicted molar refractivity (Wildman–Crippen MR) is 108 cm³/mol. The molecular weight excluding hydrogens is 352 g/mol. The summed E-state index contributed by atoms with van der Waals surface area (Å²) in [4.78, 5) is 39.8. The van der Waals surface area contributed by atoms with Crippen molar-refractivity contribution in [3.63, 3.8) is 0 Å². The molecule has 0 spiro atoms. The van der Waals surface area contributed by atoms with E-state index in [4.69, 9.17) is 0 Å². The molecule has 2 aromatic carbocycles. The summed E-state index contributed by atoms with van der Waals surface area (Å²) in [5.41, 5.74) is 1.40. The van der Waals surface area contributed by atoms with Crippen LogP contribution in [0.25, 0.3) is 0 Å². The topological polar surface area (TPSA) is 66.5 Å². The number of carbonyl (C=O) groups excluding carboxylic acids is 3. The minimum absolute atomic E-state index is 0.0446. The second kappa shape index (κ2) is 9.31. The van der Waals surface area contributed by atoms with E-state index in [1.54, 1.807) is 41.3 Å². The Morgan fingerprint density at radius 2 is 1.54 bits per heavy atom. The molecule has 1 N–H and O–H groups in total. The van der Waals surface area contributed by atoms with Crippen LogP contribution in [0.3, 0.4) is 0 Å². The summed E-state index contributed by atoms with van der Waals surface area (Å²) in [5, 5.41) is 2.93. The Hall–Kier alpha value is -2.95. The molecule has 3 rings (SSSR count). The number of hydrogen-bond acceptors (Lipinski definition) is 3. The molecule has 5 nitrogen and oxygen atoms in total. The van der Waals surface area contributed by atoms with Gasteiger partial charge in [0, 0.05) is 36.7 Å². The Morgan fingerprint density at radius 3 is 2.18 bits per heavy atom. The molecule has 1 aliphatic heterocycles. The van der Waals surface area contributed by atoms with E-state index in [-0.39, 0.29) is 23.5 Å². The van der Waals surface area contributed by atoms with E-state index in [2.05, 4.69) is 5.32 Å². The van der Waals surface area contributed by atoms with Gasteiger partial charge in [0.15, 0.2) is 5.78 Å². The number of rotatable bonds is 6. The Morgan fingerprint density at radius 1 is 0.929 bits per heavy atom. The third kappa shape index (κ3) is 4.47. The van der Waals surface area contributed by atoms with Gasteiger partial charge in [0.05, 0.1) is 5.56 Å². The molecule has 1 saturated heterocycles. The number of likely N-dealkylation sites (tertiary alicyclic amines) is 1. The quantitative estimate of drug-likeness (QED) is 0.785. The molecule has 2 aromatic rings. The van der Waals surface area contributed by atoms with Crippen molar-refractivity contribution in [1.29, 1.82) is 0 Å². The molecule has 1 aliphatic rings. The lowest BCUT2D eigenvalue weighted by Crippen LogP contribution is -2.43. The second-order valence-electron chi connectivity index (χ2n) is 7.10. The van der Waals surface area contributed by atoms with Crippen molar-refractivity contribution in [3.8, 4) is 0 Å². The van der Waals surface area contributed by atoms with Gasteiger partial charge in [-0.3, -0.25) is 14.4 Å². The van der Waals surface area contributed by atoms with Crippen LogP contribution in [0.2, 0.25) is 0 Å². The van der Waals surface area contributed by atoms with Crippen LogP contribution in [0.15, 0.2) is 54.6 Å². The van der Waals surface area contributed by atoms with Crippen LogP contribution in [0.1, 0.15) is 52.5 Å². The van der Waals surface area contributed by atoms with Crippen LogP contribution >= 0.6 is 0 Å². The smallest absolute Gasteiger partial charge is 0.254 e. The lowest BCUT2D eigenvalue weighted by atomic mass is 9.93. The zero-order chi connectivity index (χ0) is 19.9. The van der Waals surface area contributed by atoms with Crippen LogP contribution in [-0.2, 0) is 4.79 Å². The summed E-state index contributed by atoms with van der Waals surface area (Å²) in [5.74, 6) is -0.268. The highest BCUT2D eigenvalue weighted by Crippen LogP contribution is 2.22. The average Bonchev–Trinajstić information content (AvgIpc) is 2.77. The van der Waals surface area contributed by atoms with Crippen LogP contribution in [0.4, 0.5) is 0 Å². The van der Waals surface area contributed by atoms with E-state index < -0.39 is 0 Å². The maximum Gasteiger partial charge on any atom is 0.254 e. The van der Waals surface area contributed by atoms with Crippen LogP contribution < -0.4 is 5.32 Å². The molecule has 0 unspecified atom stereocenters. The van der Waals surface area contributed by atoms with Gasteiger partial charge in [-0.1, -0.05) is 55.5 Å². The number of benzene rings is 2. The van der Waals surface area contributed by atoms with Gasteiger partial charge in [0.25, 0.3) is 5.91 Å². The molecule has 5 heteroatoms. The third-order valence-electron chi connectivity index (χ3n) is 5.14. The predicted octanol–water partition coefficient (Wildman–Crippen LogP) is 3.30. The second-order valence-corrected chi connectivity index (χ2v) is 7.10. The molecule has 146 valence electrons. The molecule has 0 saturated carbocycles. The summed E-state index contributed by atoms with van der Waals surface area (Å²) in [7, 11) is 0. The fraction of sp³-hybridized carbons (Fsp3) is 0.348. The van der Waals surface area contributed by atoms with Crippen molar-refractivity contribution in [2.75, 3.05) is 19.6 Å². The number of nitrogens with one attached hydrogen (secondary N) is 1. The number of amides is 2. The number of nitrogens with zero attached hydrogens (tertiary/aromatic N) is 1. The van der Waals surface area contributed by atoms with Gasteiger partial charge in [0.2, 0.25) is 5.91 Å². The zero-order valence-corrected chi connectivity index (χ0v) is 16.2. The van der Waals surface area contributed by atoms with Crippen molar-refractivity contribution in [2.24, 2.45) is 5.92 Å². The fourth-order valence-corrected chi connectivity index (χ4v) is 3.52. The van der Waals surface area contributed by atoms with E-state index in [9.17, 15) is 14.4 Å². The number of ketones is 1. The first kappa shape index (κ1) is 19.8. The van der Waals surface area contributed by atoms with Gasteiger partial charge >= 0.3 is 0 Å². The first-order valence-electron chi connectivity index (χ1n) is 9.87. The minimum atomic E-state index is -0.154. The number of hydrogen-bond donors (Lipinski definition) is 1. The minimum Gasteiger partial charge on any atom is -0.356 e. The van der Waals surface area contributed by atoms with Gasteiger partial charge in [0.1, 0.15) is 0 Å². The fourth-order valence-electron chi connectivity index (χ4n) is 3.52. The molecule has 1 heterocycles. The molecule has 0 aliphatic carbocycles. The van der Waals surface area contributed by atoms with E-state index in [0.29, 0.717) is 49.2 Å². The summed E-state index contributed by atoms with van der Waals surface area (Å²) >= 11 is 0. The molecule has 0 atom stereocenters. The zero-order valence-electron chi connectivity index (χ0n) is 16.2. The van der Waals surface area contributed by atoms with Gasteiger partial charge in [-0.2, -0.15) is 0 Å². The Balaban J connectivity index is 1.71.